The molecule has 1 aliphatic rings. The minimum Gasteiger partial charge on any atom is -0.382 e. The average Bonchev–Trinajstić information content (AvgIpc) is 3.08. The first-order chi connectivity index (χ1) is 8.88. The van der Waals surface area contributed by atoms with E-state index in [4.69, 9.17) is 5.11 Å². The molecule has 1 N–H and O–H groups in total. The highest BCUT2D eigenvalue weighted by Gasteiger charge is 2.41. The van der Waals surface area contributed by atoms with Crippen LogP contribution in [-0.2, 0) is 0 Å². The SMILES string of the molecule is CN(C[C@@H]1C[C@@H]1c1ccccc1)C[C@H](O)C(F)(F)F. The van der Waals surface area contributed by atoms with Crippen molar-refractivity contribution in [1.82, 2.24) is 4.90 Å². The van der Waals surface area contributed by atoms with Crippen molar-refractivity contribution in [3.8, 4) is 0 Å². The van der Waals surface area contributed by atoms with E-state index in [1.165, 1.54) is 5.56 Å². The van der Waals surface area contributed by atoms with Crippen molar-refractivity contribution in [3.05, 3.63) is 35.9 Å². The fourth-order valence-electron chi connectivity index (χ4n) is 2.43. The van der Waals surface area contributed by atoms with Crippen LogP contribution in [0.15, 0.2) is 30.3 Å². The largest absolute Gasteiger partial charge is 0.415 e. The standard InChI is InChI=1S/C14H18F3NO/c1-18(9-13(19)14(15,16)17)8-11-7-12(11)10-5-3-2-4-6-10/h2-6,11-13,19H,7-9H2,1H3/t11-,12+,13-/m0/s1. The lowest BCUT2D eigenvalue weighted by atomic mass is 10.1. The molecule has 3 atom stereocenters. The number of aliphatic hydroxyl groups is 1. The summed E-state index contributed by atoms with van der Waals surface area (Å²) >= 11 is 0. The van der Waals surface area contributed by atoms with Gasteiger partial charge in [0, 0.05) is 13.1 Å². The maximum atomic E-state index is 12.2. The van der Waals surface area contributed by atoms with Gasteiger partial charge in [-0.3, -0.25) is 0 Å². The van der Waals surface area contributed by atoms with Crippen molar-refractivity contribution < 1.29 is 18.3 Å². The van der Waals surface area contributed by atoms with Gasteiger partial charge in [0.05, 0.1) is 0 Å². The van der Waals surface area contributed by atoms with E-state index < -0.39 is 12.3 Å². The van der Waals surface area contributed by atoms with E-state index in [9.17, 15) is 13.2 Å². The van der Waals surface area contributed by atoms with Crippen LogP contribution in [0.1, 0.15) is 17.9 Å². The molecule has 2 rings (SSSR count). The first kappa shape index (κ1) is 14.3. The summed E-state index contributed by atoms with van der Waals surface area (Å²) in [4.78, 5) is 1.56. The third-order valence-corrected chi connectivity index (χ3v) is 3.56. The zero-order chi connectivity index (χ0) is 14.0. The number of likely N-dealkylation sites (N-methyl/N-ethyl adjacent to an activating group) is 1. The highest BCUT2D eigenvalue weighted by Crippen LogP contribution is 2.47. The normalized spacial score (nSPS) is 24.5. The number of nitrogens with zero attached hydrogens (tertiary/aromatic N) is 1. The molecule has 1 aliphatic carbocycles. The smallest absolute Gasteiger partial charge is 0.382 e. The molecule has 2 nitrogen and oxygen atoms in total. The maximum absolute atomic E-state index is 12.2. The molecular formula is C14H18F3NO. The second kappa shape index (κ2) is 5.51. The van der Waals surface area contributed by atoms with Gasteiger partial charge >= 0.3 is 6.18 Å². The Bertz CT molecular complexity index is 407. The Kier molecular flexibility index (Phi) is 4.16. The molecule has 0 bridgehead atoms. The monoisotopic (exact) mass is 273 g/mol. The van der Waals surface area contributed by atoms with Crippen LogP contribution in [0.2, 0.25) is 0 Å². The predicted molar refractivity (Wildman–Crippen MR) is 66.8 cm³/mol. The second-order valence-electron chi connectivity index (χ2n) is 5.29. The summed E-state index contributed by atoms with van der Waals surface area (Å²) in [6.07, 6.45) is -5.78. The quantitative estimate of drug-likeness (QED) is 0.891. The molecule has 0 amide bonds. The average molecular weight is 273 g/mol. The van der Waals surface area contributed by atoms with Gasteiger partial charge in [-0.1, -0.05) is 30.3 Å². The molecule has 5 heteroatoms. The van der Waals surface area contributed by atoms with E-state index in [1.807, 2.05) is 18.2 Å². The molecule has 19 heavy (non-hydrogen) atoms. The molecule has 1 aromatic carbocycles. The number of alkyl halides is 3. The van der Waals surface area contributed by atoms with E-state index in [-0.39, 0.29) is 6.54 Å². The number of hydrogen-bond donors (Lipinski definition) is 1. The second-order valence-corrected chi connectivity index (χ2v) is 5.29. The number of halogens is 3. The first-order valence-electron chi connectivity index (χ1n) is 6.36. The van der Waals surface area contributed by atoms with Crippen LogP contribution in [-0.4, -0.2) is 42.4 Å². The Labute approximate surface area is 110 Å². The van der Waals surface area contributed by atoms with Crippen molar-refractivity contribution >= 4 is 0 Å². The van der Waals surface area contributed by atoms with Gasteiger partial charge in [0.25, 0.3) is 0 Å². The fourth-order valence-corrected chi connectivity index (χ4v) is 2.43. The highest BCUT2D eigenvalue weighted by molar-refractivity contribution is 5.25. The molecule has 0 aliphatic heterocycles. The topological polar surface area (TPSA) is 23.5 Å². The van der Waals surface area contributed by atoms with Crippen LogP contribution >= 0.6 is 0 Å². The molecule has 0 spiro atoms. The van der Waals surface area contributed by atoms with E-state index in [2.05, 4.69) is 12.1 Å². The summed E-state index contributed by atoms with van der Waals surface area (Å²) in [5.74, 6) is 0.847. The van der Waals surface area contributed by atoms with Crippen LogP contribution in [0.5, 0.6) is 0 Å². The van der Waals surface area contributed by atoms with Crippen LogP contribution < -0.4 is 0 Å². The van der Waals surface area contributed by atoms with Crippen LogP contribution in [0, 0.1) is 5.92 Å². The molecule has 0 unspecified atom stereocenters. The molecule has 1 aromatic rings. The number of hydrogen-bond acceptors (Lipinski definition) is 2. The highest BCUT2D eigenvalue weighted by atomic mass is 19.4. The lowest BCUT2D eigenvalue weighted by Crippen LogP contribution is -2.40. The van der Waals surface area contributed by atoms with Crippen LogP contribution in [0.25, 0.3) is 0 Å². The summed E-state index contributed by atoms with van der Waals surface area (Å²) < 4.78 is 36.7. The first-order valence-corrected chi connectivity index (χ1v) is 6.36. The van der Waals surface area contributed by atoms with Gasteiger partial charge in [0.15, 0.2) is 6.10 Å². The minimum atomic E-state index is -4.53. The van der Waals surface area contributed by atoms with Crippen molar-refractivity contribution in [2.24, 2.45) is 5.92 Å². The zero-order valence-corrected chi connectivity index (χ0v) is 10.8. The van der Waals surface area contributed by atoms with Gasteiger partial charge in [-0.25, -0.2) is 0 Å². The van der Waals surface area contributed by atoms with E-state index in [0.29, 0.717) is 18.4 Å². The summed E-state index contributed by atoms with van der Waals surface area (Å²) in [6, 6.07) is 10.0. The summed E-state index contributed by atoms with van der Waals surface area (Å²) in [7, 11) is 1.62. The van der Waals surface area contributed by atoms with E-state index in [1.54, 1.807) is 11.9 Å². The summed E-state index contributed by atoms with van der Waals surface area (Å²) in [6.45, 7) is 0.230. The van der Waals surface area contributed by atoms with Crippen LogP contribution in [0.4, 0.5) is 13.2 Å². The van der Waals surface area contributed by atoms with Gasteiger partial charge in [-0.15, -0.1) is 0 Å². The Morgan fingerprint density at radius 3 is 2.53 bits per heavy atom. The molecule has 1 fully saturated rings. The molecule has 0 heterocycles. The Balaban J connectivity index is 1.78. The zero-order valence-electron chi connectivity index (χ0n) is 10.8. The fraction of sp³-hybridized carbons (Fsp3) is 0.571. The van der Waals surface area contributed by atoms with Crippen molar-refractivity contribution in [2.45, 2.75) is 24.6 Å². The Morgan fingerprint density at radius 1 is 1.32 bits per heavy atom. The van der Waals surface area contributed by atoms with Crippen molar-refractivity contribution in [1.29, 1.82) is 0 Å². The summed E-state index contributed by atoms with van der Waals surface area (Å²) in [5, 5.41) is 9.01. The minimum absolute atomic E-state index is 0.360. The van der Waals surface area contributed by atoms with Gasteiger partial charge < -0.3 is 10.0 Å². The van der Waals surface area contributed by atoms with Crippen molar-refractivity contribution in [2.75, 3.05) is 20.1 Å². The van der Waals surface area contributed by atoms with Gasteiger partial charge in [0.2, 0.25) is 0 Å². The van der Waals surface area contributed by atoms with Crippen LogP contribution in [0.3, 0.4) is 0 Å². The molecule has 1 saturated carbocycles. The Morgan fingerprint density at radius 2 is 1.95 bits per heavy atom. The van der Waals surface area contributed by atoms with Gasteiger partial charge in [-0.2, -0.15) is 13.2 Å². The third-order valence-electron chi connectivity index (χ3n) is 3.56. The van der Waals surface area contributed by atoms with Gasteiger partial charge in [-0.05, 0) is 30.9 Å². The third kappa shape index (κ3) is 3.94. The number of aliphatic hydroxyl groups excluding tert-OH is 1. The lowest BCUT2D eigenvalue weighted by Gasteiger charge is -2.22. The molecule has 0 radical (unpaired) electrons. The Hall–Kier alpha value is -1.07. The molecule has 0 saturated heterocycles. The maximum Gasteiger partial charge on any atom is 0.415 e. The molecule has 0 aromatic heterocycles. The van der Waals surface area contributed by atoms with Crippen molar-refractivity contribution in [3.63, 3.8) is 0 Å². The predicted octanol–water partition coefficient (Wildman–Crippen LogP) is 2.65. The number of rotatable bonds is 5. The summed E-state index contributed by atoms with van der Waals surface area (Å²) in [5.41, 5.74) is 1.25. The van der Waals surface area contributed by atoms with E-state index >= 15 is 0 Å². The molecule has 106 valence electrons. The number of benzene rings is 1. The van der Waals surface area contributed by atoms with E-state index in [0.717, 1.165) is 6.42 Å². The van der Waals surface area contributed by atoms with Gasteiger partial charge in [0.1, 0.15) is 0 Å². The molecular weight excluding hydrogens is 255 g/mol. The lowest BCUT2D eigenvalue weighted by molar-refractivity contribution is -0.207.